The molecule has 8 aromatic rings. The number of ether oxygens (including phenoxy) is 2. The van der Waals surface area contributed by atoms with Gasteiger partial charge in [0, 0.05) is 75.9 Å². The van der Waals surface area contributed by atoms with Crippen molar-refractivity contribution in [1.29, 1.82) is 0 Å². The third kappa shape index (κ3) is 8.38. The van der Waals surface area contributed by atoms with Gasteiger partial charge in [0.05, 0.1) is 45.3 Å². The number of piperazine rings is 2. The Balaban J connectivity index is 0.906. The number of H-pyrrole nitrogens is 2. The molecule has 0 bridgehead atoms. The van der Waals surface area contributed by atoms with Crippen molar-refractivity contribution in [2.45, 2.75) is 13.8 Å². The average molecular weight is 931 g/mol. The van der Waals surface area contributed by atoms with E-state index in [1.54, 1.807) is 72.2 Å². The van der Waals surface area contributed by atoms with Gasteiger partial charge in [-0.25, -0.2) is 29.3 Å². The Bertz CT molecular complexity index is 3070. The number of Topliss-reactive ketones (excluding diaryl/α,β-unsaturated/α-hetero) is 2. The largest absolute Gasteiger partial charge is 0.455 e. The van der Waals surface area contributed by atoms with E-state index < -0.39 is 30.2 Å². The number of benzene rings is 2. The second kappa shape index (κ2) is 18.3. The Kier molecular flexibility index (Phi) is 11.6. The Labute approximate surface area is 391 Å². The van der Waals surface area contributed by atoms with Crippen molar-refractivity contribution in [2.24, 2.45) is 0 Å². The molecule has 10 rings (SSSR count). The summed E-state index contributed by atoms with van der Waals surface area (Å²) in [5.74, 6) is -1.90. The van der Waals surface area contributed by atoms with Gasteiger partial charge in [-0.2, -0.15) is 10.2 Å². The van der Waals surface area contributed by atoms with E-state index in [1.165, 1.54) is 56.6 Å². The molecule has 22 nitrogen and oxygen atoms in total. The van der Waals surface area contributed by atoms with Crippen molar-refractivity contribution in [1.82, 2.24) is 69.1 Å². The molecule has 22 heteroatoms. The quantitative estimate of drug-likeness (QED) is 0.102. The standard InChI is InChI=1S/C47H42N14O8/c1-28-52-25-60(54-28)42-38-36(32(21-48-38)40(62)46(66)58-17-13-56(14-18-58)44(64)30-9-5-3-6-10-30)34(23-50-42)68-27-69-35-24-51-43(61-26-53-29(2)55-61)39-37(35)33(22-49-39)41(63)47(67)59-19-15-57(16-20-59)45(65)31-11-7-4-8-12-31/h3-12,21-26,48-49H,13-20,27H2,1-2H3. The van der Waals surface area contributed by atoms with Gasteiger partial charge in [0.25, 0.3) is 35.2 Å². The Hall–Kier alpha value is -9.08. The first-order valence-electron chi connectivity index (χ1n) is 21.9. The van der Waals surface area contributed by atoms with E-state index in [4.69, 9.17) is 9.47 Å². The van der Waals surface area contributed by atoms with Crippen LogP contribution in [-0.2, 0) is 9.59 Å². The van der Waals surface area contributed by atoms with Crippen LogP contribution in [0.15, 0.2) is 98.1 Å². The molecule has 2 N–H and O–H groups in total. The van der Waals surface area contributed by atoms with Gasteiger partial charge in [-0.3, -0.25) is 28.8 Å². The number of nitrogens with one attached hydrogen (secondary N) is 2. The number of aromatic amines is 2. The molecule has 2 aliphatic rings. The normalized spacial score (nSPS) is 14.1. The van der Waals surface area contributed by atoms with Crippen molar-refractivity contribution in [2.75, 3.05) is 59.2 Å². The molecule has 2 aromatic carbocycles. The number of amides is 4. The lowest BCUT2D eigenvalue weighted by Crippen LogP contribution is -2.52. The van der Waals surface area contributed by atoms with Gasteiger partial charge in [0.1, 0.15) is 24.3 Å². The van der Waals surface area contributed by atoms with Crippen LogP contribution >= 0.6 is 0 Å². The molecule has 0 unspecified atom stereocenters. The molecular formula is C47H42N14O8. The number of aromatic nitrogens is 10. The number of carbonyl (C=O) groups is 6. The zero-order valence-electron chi connectivity index (χ0n) is 37.2. The molecule has 2 fully saturated rings. The maximum atomic E-state index is 14.2. The minimum absolute atomic E-state index is 0.00731. The zero-order valence-corrected chi connectivity index (χ0v) is 37.2. The smallest absolute Gasteiger partial charge is 0.295 e. The zero-order chi connectivity index (χ0) is 47.8. The first kappa shape index (κ1) is 43.8. The molecule has 348 valence electrons. The molecule has 4 amide bonds. The Morgan fingerprint density at radius 3 is 1.26 bits per heavy atom. The number of fused-ring (bicyclic) bond motifs is 2. The van der Waals surface area contributed by atoms with Crippen LogP contribution in [0.2, 0.25) is 0 Å². The van der Waals surface area contributed by atoms with Crippen molar-refractivity contribution in [3.8, 4) is 23.1 Å². The number of nitrogens with zero attached hydrogens (tertiary/aromatic N) is 12. The van der Waals surface area contributed by atoms with Crippen molar-refractivity contribution in [3.63, 3.8) is 0 Å². The highest BCUT2D eigenvalue weighted by Crippen LogP contribution is 2.35. The lowest BCUT2D eigenvalue weighted by molar-refractivity contribution is -0.128. The molecule has 0 atom stereocenters. The average Bonchev–Trinajstić information content (AvgIpc) is 4.23. The first-order valence-corrected chi connectivity index (χ1v) is 21.9. The van der Waals surface area contributed by atoms with E-state index in [0.29, 0.717) is 33.8 Å². The van der Waals surface area contributed by atoms with Crippen LogP contribution in [0.3, 0.4) is 0 Å². The topological polar surface area (TPSA) is 253 Å². The minimum Gasteiger partial charge on any atom is -0.455 e. The van der Waals surface area contributed by atoms with Crippen molar-refractivity contribution < 1.29 is 38.2 Å². The molecular weight excluding hydrogens is 889 g/mol. The fourth-order valence-corrected chi connectivity index (χ4v) is 8.46. The Morgan fingerprint density at radius 1 is 0.522 bits per heavy atom. The summed E-state index contributed by atoms with van der Waals surface area (Å²) in [7, 11) is 0. The van der Waals surface area contributed by atoms with E-state index in [2.05, 4.69) is 40.1 Å². The van der Waals surface area contributed by atoms with E-state index >= 15 is 0 Å². The van der Waals surface area contributed by atoms with Crippen LogP contribution in [0.5, 0.6) is 11.5 Å². The lowest BCUT2D eigenvalue weighted by Gasteiger charge is -2.34. The maximum absolute atomic E-state index is 14.2. The van der Waals surface area contributed by atoms with Gasteiger partial charge in [-0.05, 0) is 38.1 Å². The summed E-state index contributed by atoms with van der Waals surface area (Å²) in [6.07, 6.45) is 8.44. The summed E-state index contributed by atoms with van der Waals surface area (Å²) in [4.78, 5) is 112. The number of hydrogen-bond donors (Lipinski definition) is 2. The second-order valence-electron chi connectivity index (χ2n) is 16.2. The van der Waals surface area contributed by atoms with E-state index in [0.717, 1.165) is 0 Å². The number of aryl methyl sites for hydroxylation is 2. The summed E-state index contributed by atoms with van der Waals surface area (Å²) in [6, 6.07) is 17.7. The number of rotatable bonds is 12. The number of ketones is 2. The second-order valence-corrected chi connectivity index (χ2v) is 16.2. The summed E-state index contributed by atoms with van der Waals surface area (Å²) >= 11 is 0. The minimum atomic E-state index is -0.823. The molecule has 69 heavy (non-hydrogen) atoms. The van der Waals surface area contributed by atoms with Crippen LogP contribution in [0.25, 0.3) is 33.4 Å². The van der Waals surface area contributed by atoms with Gasteiger partial charge < -0.3 is 39.0 Å². The van der Waals surface area contributed by atoms with Crippen molar-refractivity contribution in [3.05, 3.63) is 132 Å². The third-order valence-electron chi connectivity index (χ3n) is 12.0. The molecule has 2 saturated heterocycles. The molecule has 0 saturated carbocycles. The van der Waals surface area contributed by atoms with E-state index in [1.807, 2.05) is 12.1 Å². The summed E-state index contributed by atoms with van der Waals surface area (Å²) < 4.78 is 15.2. The number of carbonyl (C=O) groups excluding carboxylic acids is 6. The molecule has 0 spiro atoms. The summed E-state index contributed by atoms with van der Waals surface area (Å²) in [6.45, 7) is 4.44. The predicted molar refractivity (Wildman–Crippen MR) is 244 cm³/mol. The van der Waals surface area contributed by atoms with Gasteiger partial charge in [0.15, 0.2) is 23.1 Å². The fourth-order valence-electron chi connectivity index (χ4n) is 8.46. The van der Waals surface area contributed by atoms with Gasteiger partial charge >= 0.3 is 0 Å². The monoisotopic (exact) mass is 930 g/mol. The van der Waals surface area contributed by atoms with Crippen LogP contribution in [-0.4, -0.2) is 163 Å². The molecule has 0 aliphatic carbocycles. The van der Waals surface area contributed by atoms with Crippen molar-refractivity contribution >= 4 is 57.0 Å². The highest BCUT2D eigenvalue weighted by molar-refractivity contribution is 6.46. The number of hydrogen-bond acceptors (Lipinski definition) is 14. The molecule has 2 aliphatic heterocycles. The van der Waals surface area contributed by atoms with Crippen LogP contribution < -0.4 is 9.47 Å². The van der Waals surface area contributed by atoms with Gasteiger partial charge in [-0.15, -0.1) is 0 Å². The molecule has 6 aromatic heterocycles. The predicted octanol–water partition coefficient (Wildman–Crippen LogP) is 2.97. The molecule has 0 radical (unpaired) electrons. The SMILES string of the molecule is Cc1ncn(-c2ncc(OCOc3cnc(-n4cnc(C)n4)c4[nH]cc(C(=O)C(=O)N5CCN(C(=O)c6ccccc6)CC5)c34)c3c(C(=O)C(=O)N4CCN(C(=O)c5ccccc5)CC4)c[nH]c23)n1. The van der Waals surface area contributed by atoms with Gasteiger partial charge in [0.2, 0.25) is 6.79 Å². The Morgan fingerprint density at radius 2 is 0.899 bits per heavy atom. The highest BCUT2D eigenvalue weighted by atomic mass is 16.7. The van der Waals surface area contributed by atoms with E-state index in [9.17, 15) is 28.8 Å². The lowest BCUT2D eigenvalue weighted by atomic mass is 10.1. The van der Waals surface area contributed by atoms with Crippen LogP contribution in [0.1, 0.15) is 53.1 Å². The first-order chi connectivity index (χ1) is 33.5. The van der Waals surface area contributed by atoms with Crippen LogP contribution in [0.4, 0.5) is 0 Å². The molecule has 8 heterocycles. The van der Waals surface area contributed by atoms with Crippen LogP contribution in [0, 0.1) is 13.8 Å². The third-order valence-corrected chi connectivity index (χ3v) is 12.0. The van der Waals surface area contributed by atoms with Gasteiger partial charge in [-0.1, -0.05) is 36.4 Å². The maximum Gasteiger partial charge on any atom is 0.295 e. The van der Waals surface area contributed by atoms with E-state index in [-0.39, 0.29) is 109 Å². The fraction of sp³-hybridized carbons (Fsp3) is 0.234. The summed E-state index contributed by atoms with van der Waals surface area (Å²) in [5.41, 5.74) is 1.68. The number of pyridine rings is 2. The summed E-state index contributed by atoms with van der Waals surface area (Å²) in [5, 5.41) is 9.19. The highest BCUT2D eigenvalue weighted by Gasteiger charge is 2.34.